The maximum atomic E-state index is 13.2. The van der Waals surface area contributed by atoms with Crippen molar-refractivity contribution in [3.63, 3.8) is 0 Å². The predicted octanol–water partition coefficient (Wildman–Crippen LogP) is 2.63. The van der Waals surface area contributed by atoms with Crippen LogP contribution in [0.5, 0.6) is 0 Å². The fourth-order valence-corrected chi connectivity index (χ4v) is 3.98. The van der Waals surface area contributed by atoms with Gasteiger partial charge in [0.15, 0.2) is 5.69 Å². The number of H-pyrrole nitrogens is 1. The summed E-state index contributed by atoms with van der Waals surface area (Å²) in [5, 5.41) is 17.6. The van der Waals surface area contributed by atoms with E-state index in [4.69, 9.17) is 5.11 Å². The summed E-state index contributed by atoms with van der Waals surface area (Å²) in [7, 11) is 0. The highest BCUT2D eigenvalue weighted by molar-refractivity contribution is 6.06. The molecular formula is C20H23N5O3. The summed E-state index contributed by atoms with van der Waals surface area (Å²) in [6.45, 7) is 5.97. The second-order valence-corrected chi connectivity index (χ2v) is 7.49. The number of hydrogen-bond acceptors (Lipinski definition) is 4. The normalized spacial score (nSPS) is 17.2. The molecule has 146 valence electrons. The third kappa shape index (κ3) is 3.26. The topological polar surface area (TPSA) is 104 Å². The number of amides is 1. The van der Waals surface area contributed by atoms with Gasteiger partial charge in [-0.25, -0.2) is 4.79 Å². The number of aromatic carboxylic acids is 1. The summed E-state index contributed by atoms with van der Waals surface area (Å²) < 4.78 is 1.56. The molecule has 1 amide bonds. The number of nitrogens with zero attached hydrogens (tertiary/aromatic N) is 4. The van der Waals surface area contributed by atoms with Crippen molar-refractivity contribution in [3.8, 4) is 0 Å². The third-order valence-electron chi connectivity index (χ3n) is 5.58. The first-order chi connectivity index (χ1) is 13.4. The Balaban J connectivity index is 1.52. The van der Waals surface area contributed by atoms with Crippen LogP contribution in [0.3, 0.4) is 0 Å². The zero-order valence-electron chi connectivity index (χ0n) is 16.0. The van der Waals surface area contributed by atoms with E-state index in [2.05, 4.69) is 22.2 Å². The molecule has 8 heteroatoms. The Hall–Kier alpha value is -3.16. The van der Waals surface area contributed by atoms with Gasteiger partial charge in [0.05, 0.1) is 17.3 Å². The number of hydrogen-bond donors (Lipinski definition) is 2. The molecule has 8 nitrogen and oxygen atoms in total. The fraction of sp³-hybridized carbons (Fsp3) is 0.400. The number of aromatic nitrogens is 4. The molecule has 0 bridgehead atoms. The summed E-state index contributed by atoms with van der Waals surface area (Å²) in [4.78, 5) is 29.4. The van der Waals surface area contributed by atoms with Gasteiger partial charge in [0.1, 0.15) is 0 Å². The highest BCUT2D eigenvalue weighted by Gasteiger charge is 2.27. The smallest absolute Gasteiger partial charge is 0.358 e. The average Bonchev–Trinajstić information content (AvgIpc) is 3.26. The first-order valence-electron chi connectivity index (χ1n) is 9.44. The lowest BCUT2D eigenvalue weighted by molar-refractivity contribution is 0.0660. The van der Waals surface area contributed by atoms with Gasteiger partial charge in [0.25, 0.3) is 5.91 Å². The van der Waals surface area contributed by atoms with Crippen LogP contribution in [0.25, 0.3) is 10.9 Å². The minimum absolute atomic E-state index is 0.0290. The van der Waals surface area contributed by atoms with Gasteiger partial charge in [-0.15, -0.1) is 5.10 Å². The van der Waals surface area contributed by atoms with Crippen LogP contribution in [0, 0.1) is 19.8 Å². The van der Waals surface area contributed by atoms with Gasteiger partial charge in [-0.05, 0) is 44.2 Å². The van der Waals surface area contributed by atoms with E-state index in [1.165, 1.54) is 11.8 Å². The van der Waals surface area contributed by atoms with E-state index >= 15 is 0 Å². The van der Waals surface area contributed by atoms with Gasteiger partial charge in [0.2, 0.25) is 0 Å². The molecule has 1 atom stereocenters. The van der Waals surface area contributed by atoms with Gasteiger partial charge in [0, 0.05) is 30.7 Å². The molecule has 0 unspecified atom stereocenters. The molecule has 3 heterocycles. The van der Waals surface area contributed by atoms with Crippen molar-refractivity contribution in [2.24, 2.45) is 5.92 Å². The van der Waals surface area contributed by atoms with Crippen molar-refractivity contribution >= 4 is 22.8 Å². The maximum Gasteiger partial charge on any atom is 0.358 e. The van der Waals surface area contributed by atoms with Gasteiger partial charge in [-0.3, -0.25) is 9.48 Å². The van der Waals surface area contributed by atoms with E-state index in [0.717, 1.165) is 36.0 Å². The molecule has 1 aliphatic rings. The number of carboxylic acid groups (broad SMARTS) is 1. The van der Waals surface area contributed by atoms with E-state index in [0.29, 0.717) is 18.7 Å². The summed E-state index contributed by atoms with van der Waals surface area (Å²) >= 11 is 0. The lowest BCUT2D eigenvalue weighted by Gasteiger charge is -2.32. The van der Waals surface area contributed by atoms with E-state index in [-0.39, 0.29) is 17.5 Å². The van der Waals surface area contributed by atoms with Crippen LogP contribution >= 0.6 is 0 Å². The van der Waals surface area contributed by atoms with E-state index in [1.807, 2.05) is 30.0 Å². The predicted molar refractivity (Wildman–Crippen MR) is 103 cm³/mol. The lowest BCUT2D eigenvalue weighted by Crippen LogP contribution is -2.41. The Labute approximate surface area is 162 Å². The third-order valence-corrected chi connectivity index (χ3v) is 5.58. The Morgan fingerprint density at radius 1 is 1.32 bits per heavy atom. The maximum absolute atomic E-state index is 13.2. The SMILES string of the molecule is Cc1[nH]c2c(C(=O)N3CCC[C@H](Cn4cc(C(=O)O)nn4)C3)cccc2c1C. The second kappa shape index (κ2) is 7.10. The van der Waals surface area contributed by atoms with Crippen LogP contribution in [0.4, 0.5) is 0 Å². The van der Waals surface area contributed by atoms with Crippen LogP contribution < -0.4 is 0 Å². The molecule has 0 radical (unpaired) electrons. The molecule has 0 aliphatic carbocycles. The highest BCUT2D eigenvalue weighted by atomic mass is 16.4. The molecule has 1 saturated heterocycles. The van der Waals surface area contributed by atoms with Crippen molar-refractivity contribution in [3.05, 3.63) is 46.9 Å². The first-order valence-corrected chi connectivity index (χ1v) is 9.44. The monoisotopic (exact) mass is 381 g/mol. The van der Waals surface area contributed by atoms with Gasteiger partial charge < -0.3 is 15.0 Å². The van der Waals surface area contributed by atoms with Gasteiger partial charge in [-0.2, -0.15) is 0 Å². The number of aryl methyl sites for hydroxylation is 2. The van der Waals surface area contributed by atoms with E-state index < -0.39 is 5.97 Å². The number of fused-ring (bicyclic) bond motifs is 1. The number of carboxylic acids is 1. The van der Waals surface area contributed by atoms with Crippen molar-refractivity contribution in [2.75, 3.05) is 13.1 Å². The Bertz CT molecular complexity index is 1050. The van der Waals surface area contributed by atoms with E-state index in [9.17, 15) is 9.59 Å². The van der Waals surface area contributed by atoms with Gasteiger partial charge in [-0.1, -0.05) is 17.3 Å². The van der Waals surface area contributed by atoms with Crippen molar-refractivity contribution in [2.45, 2.75) is 33.2 Å². The molecular weight excluding hydrogens is 358 g/mol. The molecule has 0 spiro atoms. The second-order valence-electron chi connectivity index (χ2n) is 7.49. The van der Waals surface area contributed by atoms with Crippen molar-refractivity contribution in [1.29, 1.82) is 0 Å². The van der Waals surface area contributed by atoms with Crippen LogP contribution in [0.2, 0.25) is 0 Å². The Morgan fingerprint density at radius 3 is 2.89 bits per heavy atom. The number of carbonyl (C=O) groups excluding carboxylic acids is 1. The number of piperidine rings is 1. The minimum atomic E-state index is -1.09. The summed E-state index contributed by atoms with van der Waals surface area (Å²) in [5.41, 5.74) is 3.77. The molecule has 2 N–H and O–H groups in total. The van der Waals surface area contributed by atoms with Crippen LogP contribution in [-0.2, 0) is 6.54 Å². The summed E-state index contributed by atoms with van der Waals surface area (Å²) in [5.74, 6) is -0.843. The minimum Gasteiger partial charge on any atom is -0.476 e. The molecule has 3 aromatic rings. The number of nitrogens with one attached hydrogen (secondary N) is 1. The number of benzene rings is 1. The molecule has 28 heavy (non-hydrogen) atoms. The Kier molecular flexibility index (Phi) is 4.62. The Morgan fingerprint density at radius 2 is 2.14 bits per heavy atom. The quantitative estimate of drug-likeness (QED) is 0.723. The van der Waals surface area contributed by atoms with E-state index in [1.54, 1.807) is 4.68 Å². The average molecular weight is 381 g/mol. The van der Waals surface area contributed by atoms with Crippen molar-refractivity contribution in [1.82, 2.24) is 24.9 Å². The number of carbonyl (C=O) groups is 2. The number of para-hydroxylation sites is 1. The zero-order chi connectivity index (χ0) is 19.8. The van der Waals surface area contributed by atoms with Gasteiger partial charge >= 0.3 is 5.97 Å². The summed E-state index contributed by atoms with van der Waals surface area (Å²) in [6.07, 6.45) is 3.32. The summed E-state index contributed by atoms with van der Waals surface area (Å²) in [6, 6.07) is 5.84. The molecule has 1 aliphatic heterocycles. The van der Waals surface area contributed by atoms with Crippen LogP contribution in [0.1, 0.15) is 44.9 Å². The van der Waals surface area contributed by atoms with Crippen LogP contribution in [-0.4, -0.2) is 55.0 Å². The number of rotatable bonds is 4. The fourth-order valence-electron chi connectivity index (χ4n) is 3.98. The van der Waals surface area contributed by atoms with Crippen molar-refractivity contribution < 1.29 is 14.7 Å². The molecule has 1 aromatic carbocycles. The lowest BCUT2D eigenvalue weighted by atomic mass is 9.97. The first kappa shape index (κ1) is 18.2. The zero-order valence-corrected chi connectivity index (χ0v) is 16.0. The molecule has 2 aromatic heterocycles. The molecule has 4 rings (SSSR count). The highest BCUT2D eigenvalue weighted by Crippen LogP contribution is 2.27. The standard InChI is InChI=1S/C20H23N5O3/c1-12-13(2)21-18-15(12)6-3-7-16(18)19(26)24-8-4-5-14(9-24)10-25-11-17(20(27)28)22-23-25/h3,6-7,11,14,21H,4-5,8-10H2,1-2H3,(H,27,28)/t14-/m0/s1. The number of likely N-dealkylation sites (tertiary alicyclic amines) is 1. The van der Waals surface area contributed by atoms with Crippen LogP contribution in [0.15, 0.2) is 24.4 Å². The largest absolute Gasteiger partial charge is 0.476 e. The molecule has 1 fully saturated rings. The molecule has 0 saturated carbocycles. The number of aromatic amines is 1.